The summed E-state index contributed by atoms with van der Waals surface area (Å²) < 4.78 is 26.5. The second-order valence-electron chi connectivity index (χ2n) is 4.30. The van der Waals surface area contributed by atoms with Gasteiger partial charge in [0, 0.05) is 6.42 Å². The molecule has 3 unspecified atom stereocenters. The number of rotatable bonds is 2. The molecule has 0 bridgehead atoms. The molecule has 2 aromatic rings. The van der Waals surface area contributed by atoms with Gasteiger partial charge in [-0.3, -0.25) is 4.57 Å². The first kappa shape index (κ1) is 15.5. The Kier molecular flexibility index (Phi) is 4.94. The Morgan fingerprint density at radius 1 is 1.38 bits per heavy atom. The molecule has 0 aromatic carbocycles. The SMILES string of the molecule is FCF.Nc1ncnc2c1ncn2C1CC(O)C(CO)O1. The number of fused-ring (bicyclic) bond motifs is 1. The summed E-state index contributed by atoms with van der Waals surface area (Å²) in [5.41, 5.74) is 6.75. The van der Waals surface area contributed by atoms with E-state index >= 15 is 0 Å². The van der Waals surface area contributed by atoms with Crippen molar-refractivity contribution in [2.24, 2.45) is 0 Å². The van der Waals surface area contributed by atoms with Crippen LogP contribution in [0.1, 0.15) is 12.6 Å². The van der Waals surface area contributed by atoms with Gasteiger partial charge in [-0.05, 0) is 0 Å². The first-order valence-electron chi connectivity index (χ1n) is 6.11. The lowest BCUT2D eigenvalue weighted by Crippen LogP contribution is -2.24. The maximum Gasteiger partial charge on any atom is 0.229 e. The molecule has 2 aromatic heterocycles. The molecule has 4 N–H and O–H groups in total. The second-order valence-corrected chi connectivity index (χ2v) is 4.30. The molecular weight excluding hydrogens is 288 g/mol. The first-order valence-corrected chi connectivity index (χ1v) is 6.11. The second kappa shape index (κ2) is 6.70. The number of halogens is 2. The van der Waals surface area contributed by atoms with Gasteiger partial charge < -0.3 is 20.7 Å². The normalized spacial score (nSPS) is 24.9. The molecule has 21 heavy (non-hydrogen) atoms. The van der Waals surface area contributed by atoms with Crippen molar-refractivity contribution in [3.63, 3.8) is 0 Å². The Bertz CT molecular complexity index is 596. The Hall–Kier alpha value is -1.91. The topological polar surface area (TPSA) is 119 Å². The predicted octanol–water partition coefficient (Wildman–Crippen LogP) is -0.0679. The smallest absolute Gasteiger partial charge is 0.229 e. The number of alkyl halides is 2. The van der Waals surface area contributed by atoms with Crippen LogP contribution in [0.5, 0.6) is 0 Å². The Labute approximate surface area is 118 Å². The van der Waals surface area contributed by atoms with Gasteiger partial charge >= 0.3 is 0 Å². The summed E-state index contributed by atoms with van der Waals surface area (Å²) in [6.45, 7) is -1.97. The highest BCUT2D eigenvalue weighted by Gasteiger charge is 2.35. The van der Waals surface area contributed by atoms with Crippen LogP contribution >= 0.6 is 0 Å². The lowest BCUT2D eigenvalue weighted by atomic mass is 10.2. The van der Waals surface area contributed by atoms with Crippen LogP contribution in [0, 0.1) is 0 Å². The summed E-state index contributed by atoms with van der Waals surface area (Å²) in [6.07, 6.45) is 1.60. The van der Waals surface area contributed by atoms with Crippen LogP contribution in [0.3, 0.4) is 0 Å². The van der Waals surface area contributed by atoms with Crippen LogP contribution in [-0.4, -0.2) is 55.5 Å². The van der Waals surface area contributed by atoms with Crippen molar-refractivity contribution in [1.82, 2.24) is 19.5 Å². The molecule has 0 amide bonds. The van der Waals surface area contributed by atoms with Crippen LogP contribution in [0.15, 0.2) is 12.7 Å². The molecule has 1 aliphatic rings. The van der Waals surface area contributed by atoms with Crippen molar-refractivity contribution in [2.45, 2.75) is 24.9 Å². The molecule has 1 fully saturated rings. The Morgan fingerprint density at radius 2 is 2.10 bits per heavy atom. The van der Waals surface area contributed by atoms with E-state index in [1.165, 1.54) is 6.33 Å². The number of imidazole rings is 1. The Balaban J connectivity index is 0.000000497. The van der Waals surface area contributed by atoms with Crippen LogP contribution < -0.4 is 5.73 Å². The van der Waals surface area contributed by atoms with Gasteiger partial charge in [-0.25, -0.2) is 23.7 Å². The van der Waals surface area contributed by atoms with E-state index in [1.807, 2.05) is 0 Å². The third-order valence-corrected chi connectivity index (χ3v) is 3.08. The molecule has 0 spiro atoms. The van der Waals surface area contributed by atoms with Crippen molar-refractivity contribution in [3.05, 3.63) is 12.7 Å². The fourth-order valence-corrected chi connectivity index (χ4v) is 2.13. The molecule has 8 nitrogen and oxygen atoms in total. The van der Waals surface area contributed by atoms with E-state index in [4.69, 9.17) is 15.6 Å². The molecule has 3 rings (SSSR count). The van der Waals surface area contributed by atoms with Gasteiger partial charge in [0.25, 0.3) is 0 Å². The fraction of sp³-hybridized carbons (Fsp3) is 0.545. The van der Waals surface area contributed by atoms with Gasteiger partial charge in [0.05, 0.1) is 19.0 Å². The van der Waals surface area contributed by atoms with Crippen LogP contribution in [0.4, 0.5) is 14.6 Å². The number of aromatic nitrogens is 4. The van der Waals surface area contributed by atoms with E-state index in [-0.39, 0.29) is 6.61 Å². The third-order valence-electron chi connectivity index (χ3n) is 3.08. The van der Waals surface area contributed by atoms with Gasteiger partial charge in [-0.15, -0.1) is 0 Å². The molecule has 10 heteroatoms. The summed E-state index contributed by atoms with van der Waals surface area (Å²) in [5, 5.41) is 18.8. The minimum atomic E-state index is -1.75. The van der Waals surface area contributed by atoms with E-state index in [0.29, 0.717) is 23.4 Å². The third kappa shape index (κ3) is 3.06. The van der Waals surface area contributed by atoms with Crippen molar-refractivity contribution in [1.29, 1.82) is 0 Å². The monoisotopic (exact) mass is 303 g/mol. The molecule has 3 atom stereocenters. The zero-order valence-corrected chi connectivity index (χ0v) is 10.9. The highest BCUT2D eigenvalue weighted by Crippen LogP contribution is 2.30. The van der Waals surface area contributed by atoms with Gasteiger partial charge in [0.1, 0.15) is 24.2 Å². The van der Waals surface area contributed by atoms with Crippen LogP contribution in [0.25, 0.3) is 11.2 Å². The quantitative estimate of drug-likeness (QED) is 0.710. The molecule has 0 saturated carbocycles. The minimum absolute atomic E-state index is 0.221. The van der Waals surface area contributed by atoms with E-state index in [9.17, 15) is 13.9 Å². The number of ether oxygens (including phenoxy) is 1. The lowest BCUT2D eigenvalue weighted by Gasteiger charge is -2.13. The van der Waals surface area contributed by atoms with Gasteiger partial charge in [-0.1, -0.05) is 0 Å². The maximum atomic E-state index is 9.71. The summed E-state index contributed by atoms with van der Waals surface area (Å²) >= 11 is 0. The van der Waals surface area contributed by atoms with Crippen molar-refractivity contribution < 1.29 is 23.7 Å². The number of anilines is 1. The number of aliphatic hydroxyl groups excluding tert-OH is 2. The summed E-state index contributed by atoms with van der Waals surface area (Å²) in [6, 6.07) is 0. The van der Waals surface area contributed by atoms with Crippen molar-refractivity contribution >= 4 is 17.0 Å². The molecular formula is C11H15F2N5O3. The van der Waals surface area contributed by atoms with Gasteiger partial charge in [-0.2, -0.15) is 0 Å². The minimum Gasteiger partial charge on any atom is -0.394 e. The molecule has 0 radical (unpaired) electrons. The van der Waals surface area contributed by atoms with E-state index in [1.54, 1.807) is 10.9 Å². The number of hydrogen-bond donors (Lipinski definition) is 3. The summed E-state index contributed by atoms with van der Waals surface area (Å²) in [4.78, 5) is 12.1. The van der Waals surface area contributed by atoms with E-state index < -0.39 is 25.4 Å². The van der Waals surface area contributed by atoms with Crippen molar-refractivity contribution in [2.75, 3.05) is 19.3 Å². The number of hydrogen-bond acceptors (Lipinski definition) is 7. The van der Waals surface area contributed by atoms with E-state index in [2.05, 4.69) is 15.0 Å². The average molecular weight is 303 g/mol. The summed E-state index contributed by atoms with van der Waals surface area (Å²) in [7, 11) is 0. The first-order chi connectivity index (χ1) is 10.1. The highest BCUT2D eigenvalue weighted by atomic mass is 19.3. The Morgan fingerprint density at radius 3 is 2.71 bits per heavy atom. The average Bonchev–Trinajstić information content (AvgIpc) is 3.03. The maximum absolute atomic E-state index is 9.71. The zero-order valence-electron chi connectivity index (χ0n) is 10.9. The molecule has 0 aliphatic carbocycles. The number of nitrogens with zero attached hydrogens (tertiary/aromatic N) is 4. The van der Waals surface area contributed by atoms with Crippen molar-refractivity contribution in [3.8, 4) is 0 Å². The molecule has 1 aliphatic heterocycles. The highest BCUT2D eigenvalue weighted by molar-refractivity contribution is 5.81. The van der Waals surface area contributed by atoms with Crippen LogP contribution in [0.2, 0.25) is 0 Å². The lowest BCUT2D eigenvalue weighted by molar-refractivity contribution is -0.0432. The number of aliphatic hydroxyl groups is 2. The molecule has 3 heterocycles. The molecule has 1 saturated heterocycles. The zero-order chi connectivity index (χ0) is 15.4. The fourth-order valence-electron chi connectivity index (χ4n) is 2.13. The van der Waals surface area contributed by atoms with Gasteiger partial charge in [0.15, 0.2) is 11.5 Å². The van der Waals surface area contributed by atoms with Gasteiger partial charge in [0.2, 0.25) is 6.93 Å². The molecule has 116 valence electrons. The predicted molar refractivity (Wildman–Crippen MR) is 68.4 cm³/mol. The number of nitrogens with two attached hydrogens (primary N) is 1. The summed E-state index contributed by atoms with van der Waals surface area (Å²) in [5.74, 6) is 0.302. The van der Waals surface area contributed by atoms with Crippen LogP contribution in [-0.2, 0) is 4.74 Å². The largest absolute Gasteiger partial charge is 0.394 e. The standard InChI is InChI=1S/C10H13N5O3.CH2F2/c11-9-8-10(13-3-12-9)15(4-14-8)7-1-5(17)6(2-16)18-7;2-1-3/h3-7,16-17H,1-2H2,(H2,11,12,13);1H2. The van der Waals surface area contributed by atoms with E-state index in [0.717, 1.165) is 0 Å². The number of nitrogen functional groups attached to an aromatic ring is 1.